The Morgan fingerprint density at radius 3 is 1.72 bits per heavy atom. The van der Waals surface area contributed by atoms with Crippen molar-refractivity contribution in [3.63, 3.8) is 0 Å². The van der Waals surface area contributed by atoms with Crippen molar-refractivity contribution in [3.05, 3.63) is 35.5 Å². The summed E-state index contributed by atoms with van der Waals surface area (Å²) in [4.78, 5) is 25.5. The van der Waals surface area contributed by atoms with Gasteiger partial charge < -0.3 is 0 Å². The number of carbonyl (C=O) groups excluding carboxylic acids is 2. The van der Waals surface area contributed by atoms with Crippen LogP contribution in [0.3, 0.4) is 0 Å². The first kappa shape index (κ1) is 9.48. The van der Waals surface area contributed by atoms with Gasteiger partial charge in [-0.25, -0.2) is 0 Å². The van der Waals surface area contributed by atoms with Crippen LogP contribution in [0, 0.1) is 35.5 Å². The highest BCUT2D eigenvalue weighted by molar-refractivity contribution is 6.16. The van der Waals surface area contributed by atoms with Crippen molar-refractivity contribution in [1.82, 2.24) is 0 Å². The van der Waals surface area contributed by atoms with Crippen molar-refractivity contribution < 1.29 is 9.59 Å². The molecule has 1 fully saturated rings. The molecule has 0 radical (unpaired) electrons. The predicted molar refractivity (Wildman–Crippen MR) is 65.5 cm³/mol. The first-order valence-corrected chi connectivity index (χ1v) is 6.95. The number of carbonyl (C=O) groups is 2. The van der Waals surface area contributed by atoms with E-state index in [1.807, 2.05) is 0 Å². The van der Waals surface area contributed by atoms with E-state index in [0.717, 1.165) is 24.0 Å². The average molecular weight is 238 g/mol. The van der Waals surface area contributed by atoms with Gasteiger partial charge in [-0.2, -0.15) is 0 Å². The maximum atomic E-state index is 12.7. The van der Waals surface area contributed by atoms with Crippen molar-refractivity contribution in [2.45, 2.75) is 12.8 Å². The lowest BCUT2D eigenvalue weighted by molar-refractivity contribution is -0.131. The summed E-state index contributed by atoms with van der Waals surface area (Å²) >= 11 is 0. The van der Waals surface area contributed by atoms with Crippen LogP contribution in [0.15, 0.2) is 35.5 Å². The van der Waals surface area contributed by atoms with Crippen LogP contribution in [0.5, 0.6) is 0 Å². The number of fused-ring (bicyclic) bond motifs is 9. The molecule has 0 aliphatic heterocycles. The minimum Gasteiger partial charge on any atom is -0.294 e. The molecule has 2 nitrogen and oxygen atoms in total. The zero-order chi connectivity index (χ0) is 12.0. The maximum Gasteiger partial charge on any atom is 0.164 e. The van der Waals surface area contributed by atoms with Gasteiger partial charge in [-0.05, 0) is 24.7 Å². The second kappa shape index (κ2) is 2.76. The monoisotopic (exact) mass is 238 g/mol. The Labute approximate surface area is 105 Å². The van der Waals surface area contributed by atoms with Crippen molar-refractivity contribution in [1.29, 1.82) is 0 Å². The summed E-state index contributed by atoms with van der Waals surface area (Å²) in [6, 6.07) is 0. The van der Waals surface area contributed by atoms with Crippen molar-refractivity contribution in [2.24, 2.45) is 35.5 Å². The maximum absolute atomic E-state index is 12.7. The molecule has 1 saturated carbocycles. The summed E-state index contributed by atoms with van der Waals surface area (Å²) in [6.07, 6.45) is 10.6. The normalized spacial score (nSPS) is 50.4. The topological polar surface area (TPSA) is 34.1 Å². The molecular weight excluding hydrogens is 224 g/mol. The molecule has 5 rings (SSSR count). The largest absolute Gasteiger partial charge is 0.294 e. The quantitative estimate of drug-likeness (QED) is 0.605. The van der Waals surface area contributed by atoms with Crippen molar-refractivity contribution in [3.8, 4) is 0 Å². The lowest BCUT2D eigenvalue weighted by Crippen LogP contribution is -2.41. The molecule has 18 heavy (non-hydrogen) atoms. The van der Waals surface area contributed by atoms with Crippen LogP contribution in [0.1, 0.15) is 12.8 Å². The van der Waals surface area contributed by atoms with Crippen LogP contribution in [-0.4, -0.2) is 11.6 Å². The Balaban J connectivity index is 1.71. The van der Waals surface area contributed by atoms with E-state index >= 15 is 0 Å². The molecule has 0 saturated heterocycles. The first-order valence-electron chi connectivity index (χ1n) is 6.95. The number of ketones is 2. The first-order chi connectivity index (χ1) is 8.75. The molecule has 90 valence electrons. The fourth-order valence-corrected chi connectivity index (χ4v) is 5.05. The molecule has 2 heteroatoms. The smallest absolute Gasteiger partial charge is 0.164 e. The van der Waals surface area contributed by atoms with E-state index in [-0.39, 0.29) is 23.7 Å². The zero-order valence-electron chi connectivity index (χ0n) is 10.0. The molecule has 0 N–H and O–H groups in total. The number of hydrogen-bond donors (Lipinski definition) is 0. The summed E-state index contributed by atoms with van der Waals surface area (Å²) in [5.74, 6) is 1.78. The third kappa shape index (κ3) is 0.837. The molecule has 0 aromatic carbocycles. The van der Waals surface area contributed by atoms with Gasteiger partial charge in [0.05, 0.1) is 0 Å². The minimum absolute atomic E-state index is 0.0148. The highest BCUT2D eigenvalue weighted by Gasteiger charge is 2.58. The fraction of sp³-hybridized carbons (Fsp3) is 0.500. The Hall–Kier alpha value is -1.44. The van der Waals surface area contributed by atoms with E-state index in [2.05, 4.69) is 24.3 Å². The van der Waals surface area contributed by atoms with Crippen molar-refractivity contribution >= 4 is 11.6 Å². The number of Topliss-reactive ketones (excluding diaryl/α,β-unsaturated/α-hetero) is 2. The Bertz CT molecular complexity index is 542. The van der Waals surface area contributed by atoms with E-state index in [4.69, 9.17) is 0 Å². The van der Waals surface area contributed by atoms with Gasteiger partial charge in [0.1, 0.15) is 0 Å². The third-order valence-electron chi connectivity index (χ3n) is 5.71. The van der Waals surface area contributed by atoms with Crippen LogP contribution in [-0.2, 0) is 9.59 Å². The van der Waals surface area contributed by atoms with Gasteiger partial charge in [0.15, 0.2) is 11.6 Å². The van der Waals surface area contributed by atoms with Gasteiger partial charge in [-0.1, -0.05) is 24.3 Å². The molecule has 4 bridgehead atoms. The highest BCUT2D eigenvalue weighted by Crippen LogP contribution is 2.57. The van der Waals surface area contributed by atoms with Gasteiger partial charge in [-0.15, -0.1) is 0 Å². The lowest BCUT2D eigenvalue weighted by Gasteiger charge is -2.33. The van der Waals surface area contributed by atoms with Crippen LogP contribution in [0.2, 0.25) is 0 Å². The fourth-order valence-electron chi connectivity index (χ4n) is 5.05. The lowest BCUT2D eigenvalue weighted by atomic mass is 9.67. The standard InChI is InChI=1S/C16H14O2/c17-15-11-7-1-2-8(5-7)12(11)16(18)14-10-4-3-9(6-10)13(14)15/h1-4,7-12H,5-6H2/t7-,8+,9+,10-,11?,12?. The molecule has 0 amide bonds. The molecule has 5 aliphatic carbocycles. The summed E-state index contributed by atoms with van der Waals surface area (Å²) in [7, 11) is 0. The number of allylic oxidation sites excluding steroid dienone is 6. The molecule has 0 spiro atoms. The van der Waals surface area contributed by atoms with E-state index in [0.29, 0.717) is 23.4 Å². The van der Waals surface area contributed by atoms with Gasteiger partial charge >= 0.3 is 0 Å². The molecule has 2 unspecified atom stereocenters. The minimum atomic E-state index is -0.0148. The van der Waals surface area contributed by atoms with Crippen molar-refractivity contribution in [2.75, 3.05) is 0 Å². The van der Waals surface area contributed by atoms with E-state index in [1.165, 1.54) is 0 Å². The Kier molecular flexibility index (Phi) is 1.46. The van der Waals surface area contributed by atoms with E-state index in [1.54, 1.807) is 0 Å². The SMILES string of the molecule is O=C1C2=C(C(=O)C3C1[C@@H]1C=C[C@H]3C1)[C@@H]1C=C[C@H]2C1. The Morgan fingerprint density at radius 1 is 0.722 bits per heavy atom. The van der Waals surface area contributed by atoms with E-state index < -0.39 is 0 Å². The molecule has 5 aliphatic rings. The molecular formula is C16H14O2. The van der Waals surface area contributed by atoms with Gasteiger partial charge in [0.25, 0.3) is 0 Å². The number of hydrogen-bond acceptors (Lipinski definition) is 2. The van der Waals surface area contributed by atoms with Crippen LogP contribution >= 0.6 is 0 Å². The third-order valence-corrected chi connectivity index (χ3v) is 5.71. The summed E-state index contributed by atoms with van der Waals surface area (Å²) < 4.78 is 0. The predicted octanol–water partition coefficient (Wildman–Crippen LogP) is 2.08. The van der Waals surface area contributed by atoms with Crippen LogP contribution in [0.4, 0.5) is 0 Å². The molecule has 0 aromatic rings. The molecule has 0 aromatic heterocycles. The summed E-state index contributed by atoms with van der Waals surface area (Å²) in [5, 5.41) is 0. The van der Waals surface area contributed by atoms with Gasteiger partial charge in [-0.3, -0.25) is 9.59 Å². The van der Waals surface area contributed by atoms with E-state index in [9.17, 15) is 9.59 Å². The zero-order valence-corrected chi connectivity index (χ0v) is 10.0. The molecule has 6 atom stereocenters. The highest BCUT2D eigenvalue weighted by atomic mass is 16.1. The second-order valence-corrected chi connectivity index (χ2v) is 6.39. The summed E-state index contributed by atoms with van der Waals surface area (Å²) in [6.45, 7) is 0. The van der Waals surface area contributed by atoms with Gasteiger partial charge in [0, 0.05) is 34.8 Å². The molecule has 0 heterocycles. The Morgan fingerprint density at radius 2 is 1.22 bits per heavy atom. The second-order valence-electron chi connectivity index (χ2n) is 6.39. The van der Waals surface area contributed by atoms with Crippen LogP contribution < -0.4 is 0 Å². The van der Waals surface area contributed by atoms with Gasteiger partial charge in [0.2, 0.25) is 0 Å². The number of rotatable bonds is 0. The average Bonchev–Trinajstić information content (AvgIpc) is 3.10. The van der Waals surface area contributed by atoms with Crippen LogP contribution in [0.25, 0.3) is 0 Å². The summed E-state index contributed by atoms with van der Waals surface area (Å²) in [5.41, 5.74) is 1.80.